The fourth-order valence-electron chi connectivity index (χ4n) is 3.11. The third-order valence-electron chi connectivity index (χ3n) is 4.88. The molecule has 0 unspecified atom stereocenters. The van der Waals surface area contributed by atoms with Crippen LogP contribution in [0.25, 0.3) is 10.8 Å². The molecule has 0 spiro atoms. The van der Waals surface area contributed by atoms with E-state index in [2.05, 4.69) is 31.3 Å². The Hall–Kier alpha value is -5.66. The monoisotopic (exact) mass is 488 g/mol. The maximum atomic E-state index is 10.9. The first-order valence-corrected chi connectivity index (χ1v) is 10.1. The predicted octanol–water partition coefficient (Wildman–Crippen LogP) is 3.75. The van der Waals surface area contributed by atoms with Crippen molar-refractivity contribution in [3.8, 4) is 11.5 Å². The van der Waals surface area contributed by atoms with Gasteiger partial charge in [0.25, 0.3) is 11.4 Å². The van der Waals surface area contributed by atoms with E-state index in [1.807, 2.05) is 0 Å². The van der Waals surface area contributed by atoms with Gasteiger partial charge in [-0.1, -0.05) is 24.3 Å². The van der Waals surface area contributed by atoms with Gasteiger partial charge < -0.3 is 10.2 Å². The molecule has 14 nitrogen and oxygen atoms in total. The van der Waals surface area contributed by atoms with E-state index in [0.29, 0.717) is 10.8 Å². The summed E-state index contributed by atoms with van der Waals surface area (Å²) in [5.41, 5.74) is 5.26. The van der Waals surface area contributed by atoms with Gasteiger partial charge in [-0.25, -0.2) is 0 Å². The second-order valence-electron chi connectivity index (χ2n) is 7.18. The van der Waals surface area contributed by atoms with Crippen LogP contribution in [0.15, 0.2) is 70.9 Å². The van der Waals surface area contributed by atoms with Crippen molar-refractivity contribution in [2.45, 2.75) is 0 Å². The fourth-order valence-corrected chi connectivity index (χ4v) is 3.11. The number of nitro groups is 2. The number of aromatic hydroxyl groups is 2. The van der Waals surface area contributed by atoms with Gasteiger partial charge in [-0.05, 0) is 12.1 Å². The highest BCUT2D eigenvalue weighted by Gasteiger charge is 2.11. The molecule has 0 atom stereocenters. The van der Waals surface area contributed by atoms with E-state index in [9.17, 15) is 30.4 Å². The number of hydrogen-bond donors (Lipinski definition) is 4. The van der Waals surface area contributed by atoms with Gasteiger partial charge in [0.1, 0.15) is 11.5 Å². The molecule has 36 heavy (non-hydrogen) atoms. The van der Waals surface area contributed by atoms with Crippen molar-refractivity contribution in [1.82, 2.24) is 10.2 Å². The van der Waals surface area contributed by atoms with Crippen LogP contribution in [0, 0.1) is 20.2 Å². The topological polar surface area (TPSA) is 201 Å². The number of phenolic OH excluding ortho intramolecular Hbond substituents is 2. The summed E-state index contributed by atoms with van der Waals surface area (Å²) in [4.78, 5) is 20.7. The van der Waals surface area contributed by atoms with Gasteiger partial charge in [-0.2, -0.15) is 10.2 Å². The van der Waals surface area contributed by atoms with E-state index in [1.165, 1.54) is 48.8 Å². The highest BCUT2D eigenvalue weighted by atomic mass is 16.6. The lowest BCUT2D eigenvalue weighted by Gasteiger charge is -2.08. The molecule has 0 radical (unpaired) electrons. The number of nitrogens with zero attached hydrogens (tertiary/aromatic N) is 6. The Morgan fingerprint density at radius 3 is 1.53 bits per heavy atom. The van der Waals surface area contributed by atoms with Crippen LogP contribution in [0.3, 0.4) is 0 Å². The van der Waals surface area contributed by atoms with Crippen LogP contribution in [0.5, 0.6) is 11.5 Å². The average Bonchev–Trinajstić information content (AvgIpc) is 2.86. The molecule has 180 valence electrons. The third-order valence-corrected chi connectivity index (χ3v) is 4.88. The van der Waals surface area contributed by atoms with Crippen LogP contribution in [0.4, 0.5) is 23.0 Å². The number of benzene rings is 3. The summed E-state index contributed by atoms with van der Waals surface area (Å²) in [5.74, 6) is 0.152. The molecular weight excluding hydrogens is 472 g/mol. The second-order valence-corrected chi connectivity index (χ2v) is 7.18. The molecule has 4 rings (SSSR count). The van der Waals surface area contributed by atoms with Gasteiger partial charge in [0.2, 0.25) is 0 Å². The number of non-ortho nitro benzene ring substituents is 2. The molecule has 0 saturated carbocycles. The summed E-state index contributed by atoms with van der Waals surface area (Å²) in [5, 5.41) is 59.0. The lowest BCUT2D eigenvalue weighted by atomic mass is 10.2. The number of hydrazone groups is 2. The van der Waals surface area contributed by atoms with Gasteiger partial charge in [0.15, 0.2) is 11.6 Å². The lowest BCUT2D eigenvalue weighted by molar-refractivity contribution is -0.385. The molecule has 0 saturated heterocycles. The van der Waals surface area contributed by atoms with Gasteiger partial charge in [-0.15, -0.1) is 10.2 Å². The molecule has 0 amide bonds. The SMILES string of the molecule is O=[N+]([O-])c1ccc(O)c(/C=N\Nc2nnc(N/N=C/c3cc([N+](=O)[O-])ccc3O)c3ccccc23)c1. The quantitative estimate of drug-likeness (QED) is 0.161. The Balaban J connectivity index is 1.56. The molecule has 1 heterocycles. The summed E-state index contributed by atoms with van der Waals surface area (Å²) in [6.07, 6.45) is 2.42. The summed E-state index contributed by atoms with van der Waals surface area (Å²) in [6, 6.07) is 14.1. The van der Waals surface area contributed by atoms with Crippen LogP contribution in [0.2, 0.25) is 0 Å². The molecule has 0 fully saturated rings. The average molecular weight is 488 g/mol. The zero-order chi connectivity index (χ0) is 25.7. The Morgan fingerprint density at radius 2 is 1.14 bits per heavy atom. The van der Waals surface area contributed by atoms with E-state index < -0.39 is 9.85 Å². The fraction of sp³-hybridized carbons (Fsp3) is 0. The Kier molecular flexibility index (Phi) is 6.58. The maximum absolute atomic E-state index is 10.9. The molecule has 0 aliphatic carbocycles. The van der Waals surface area contributed by atoms with Crippen molar-refractivity contribution in [3.05, 3.63) is 92.0 Å². The molecule has 3 aromatic carbocycles. The number of aromatic nitrogens is 2. The second kappa shape index (κ2) is 10.1. The minimum Gasteiger partial charge on any atom is -0.507 e. The first kappa shape index (κ1) is 23.5. The number of rotatable bonds is 8. The molecule has 14 heteroatoms. The molecule has 1 aromatic heterocycles. The summed E-state index contributed by atoms with van der Waals surface area (Å²) < 4.78 is 0. The van der Waals surface area contributed by atoms with E-state index in [1.54, 1.807) is 24.3 Å². The van der Waals surface area contributed by atoms with Crippen molar-refractivity contribution in [2.75, 3.05) is 10.9 Å². The molecular formula is C22H16N8O6. The van der Waals surface area contributed by atoms with Crippen LogP contribution < -0.4 is 10.9 Å². The van der Waals surface area contributed by atoms with Crippen LogP contribution in [-0.2, 0) is 0 Å². The highest BCUT2D eigenvalue weighted by molar-refractivity contribution is 5.98. The Labute approximate surface area is 201 Å². The van der Waals surface area contributed by atoms with Crippen molar-refractivity contribution in [3.63, 3.8) is 0 Å². The largest absolute Gasteiger partial charge is 0.507 e. The van der Waals surface area contributed by atoms with Crippen LogP contribution in [-0.4, -0.2) is 42.7 Å². The Bertz CT molecular complexity index is 1420. The molecule has 0 bridgehead atoms. The summed E-state index contributed by atoms with van der Waals surface area (Å²) in [7, 11) is 0. The first-order chi connectivity index (χ1) is 17.3. The van der Waals surface area contributed by atoms with Crippen molar-refractivity contribution < 1.29 is 20.1 Å². The lowest BCUT2D eigenvalue weighted by Crippen LogP contribution is -2.02. The molecule has 4 aromatic rings. The predicted molar refractivity (Wildman–Crippen MR) is 131 cm³/mol. The summed E-state index contributed by atoms with van der Waals surface area (Å²) >= 11 is 0. The zero-order valence-corrected chi connectivity index (χ0v) is 18.1. The normalized spacial score (nSPS) is 11.2. The number of phenols is 2. The molecule has 0 aliphatic rings. The summed E-state index contributed by atoms with van der Waals surface area (Å²) in [6.45, 7) is 0. The third kappa shape index (κ3) is 5.12. The highest BCUT2D eigenvalue weighted by Crippen LogP contribution is 2.27. The minimum absolute atomic E-state index is 0.131. The first-order valence-electron chi connectivity index (χ1n) is 10.1. The van der Waals surface area contributed by atoms with E-state index in [4.69, 9.17) is 0 Å². The van der Waals surface area contributed by atoms with Gasteiger partial charge >= 0.3 is 0 Å². The van der Waals surface area contributed by atoms with Crippen molar-refractivity contribution in [1.29, 1.82) is 0 Å². The molecule has 0 aliphatic heterocycles. The minimum atomic E-state index is -0.586. The Morgan fingerprint density at radius 1 is 0.722 bits per heavy atom. The number of fused-ring (bicyclic) bond motifs is 1. The number of nitro benzene ring substituents is 2. The van der Waals surface area contributed by atoms with Crippen LogP contribution >= 0.6 is 0 Å². The van der Waals surface area contributed by atoms with E-state index in [-0.39, 0.29) is 45.6 Å². The maximum Gasteiger partial charge on any atom is 0.270 e. The van der Waals surface area contributed by atoms with E-state index >= 15 is 0 Å². The van der Waals surface area contributed by atoms with E-state index in [0.717, 1.165) is 0 Å². The smallest absolute Gasteiger partial charge is 0.270 e. The van der Waals surface area contributed by atoms with Crippen molar-refractivity contribution >= 4 is 46.2 Å². The molecule has 4 N–H and O–H groups in total. The number of anilines is 2. The van der Waals surface area contributed by atoms with Gasteiger partial charge in [0.05, 0.1) is 22.3 Å². The zero-order valence-electron chi connectivity index (χ0n) is 18.1. The van der Waals surface area contributed by atoms with Gasteiger partial charge in [0, 0.05) is 46.2 Å². The number of nitrogens with one attached hydrogen (secondary N) is 2. The number of hydrogen-bond acceptors (Lipinski definition) is 12. The standard InChI is InChI=1S/C22H16N8O6/c31-19-7-5-15(29(33)34)9-13(19)11-23-25-21-17-3-1-2-4-18(17)22(28-27-21)26-24-12-14-10-16(30(35)36)6-8-20(14)32/h1-12,31-32H,(H,25,27)(H,26,28)/b23-11-,24-12+. The van der Waals surface area contributed by atoms with Gasteiger partial charge in [-0.3, -0.25) is 31.1 Å². The van der Waals surface area contributed by atoms with Crippen molar-refractivity contribution in [2.24, 2.45) is 10.2 Å². The van der Waals surface area contributed by atoms with Crippen LogP contribution in [0.1, 0.15) is 11.1 Å².